The molecule has 0 aromatic carbocycles. The van der Waals surface area contributed by atoms with Gasteiger partial charge in [0.15, 0.2) is 10.4 Å². The van der Waals surface area contributed by atoms with Crippen LogP contribution in [0.3, 0.4) is 0 Å². The van der Waals surface area contributed by atoms with Gasteiger partial charge in [0.1, 0.15) is 11.8 Å². The molecule has 0 aliphatic carbocycles. The Bertz CT molecular complexity index is 575. The van der Waals surface area contributed by atoms with E-state index in [0.717, 1.165) is 24.1 Å². The van der Waals surface area contributed by atoms with E-state index < -0.39 is 0 Å². The number of hydrogen-bond donors (Lipinski definition) is 1. The molecule has 18 heavy (non-hydrogen) atoms. The molecule has 2 aromatic heterocycles. The van der Waals surface area contributed by atoms with E-state index in [0.29, 0.717) is 10.7 Å². The lowest BCUT2D eigenvalue weighted by atomic mass is 10.2. The van der Waals surface area contributed by atoms with Crippen molar-refractivity contribution in [1.82, 2.24) is 19.5 Å². The molecule has 2 aromatic rings. The highest BCUT2D eigenvalue weighted by atomic mass is 32.1. The maximum Gasteiger partial charge on any atom is 0.242 e. The van der Waals surface area contributed by atoms with Crippen molar-refractivity contribution in [1.29, 1.82) is 0 Å². The van der Waals surface area contributed by atoms with E-state index in [2.05, 4.69) is 21.9 Å². The highest BCUT2D eigenvalue weighted by Crippen LogP contribution is 2.20. The van der Waals surface area contributed by atoms with Crippen LogP contribution < -0.4 is 4.74 Å². The van der Waals surface area contributed by atoms with E-state index >= 15 is 0 Å². The van der Waals surface area contributed by atoms with Crippen molar-refractivity contribution in [3.63, 3.8) is 0 Å². The molecule has 0 bridgehead atoms. The zero-order valence-electron chi connectivity index (χ0n) is 10.8. The molecule has 0 aliphatic heterocycles. The first-order chi connectivity index (χ1) is 8.77. The Labute approximate surface area is 111 Å². The van der Waals surface area contributed by atoms with Gasteiger partial charge in [0.25, 0.3) is 0 Å². The fraction of sp³-hybridized carbons (Fsp3) is 0.583. The van der Waals surface area contributed by atoms with Gasteiger partial charge < -0.3 is 14.3 Å². The summed E-state index contributed by atoms with van der Waals surface area (Å²) in [6.07, 6.45) is 6.32. The van der Waals surface area contributed by atoms with Crippen LogP contribution >= 0.6 is 12.2 Å². The Morgan fingerprint density at radius 3 is 2.89 bits per heavy atom. The van der Waals surface area contributed by atoms with Crippen LogP contribution in [-0.4, -0.2) is 26.6 Å². The van der Waals surface area contributed by atoms with Crippen LogP contribution in [0, 0.1) is 4.77 Å². The number of rotatable bonds is 6. The summed E-state index contributed by atoms with van der Waals surface area (Å²) in [6, 6.07) is 0. The first kappa shape index (κ1) is 13.0. The SMILES string of the molecule is CCCCCCn1c(=S)[nH]c2c(OC)ncnc21. The number of nitrogens with one attached hydrogen (secondary N) is 1. The topological polar surface area (TPSA) is 55.7 Å². The third kappa shape index (κ3) is 2.53. The minimum Gasteiger partial charge on any atom is -0.479 e. The monoisotopic (exact) mass is 266 g/mol. The van der Waals surface area contributed by atoms with Crippen LogP contribution in [-0.2, 0) is 6.54 Å². The van der Waals surface area contributed by atoms with Crippen molar-refractivity contribution in [2.24, 2.45) is 0 Å². The van der Waals surface area contributed by atoms with Gasteiger partial charge in [0.2, 0.25) is 5.88 Å². The Kier molecular flexibility index (Phi) is 4.30. The highest BCUT2D eigenvalue weighted by Gasteiger charge is 2.10. The number of H-pyrrole nitrogens is 1. The van der Waals surface area contributed by atoms with Gasteiger partial charge in [-0.1, -0.05) is 26.2 Å². The van der Waals surface area contributed by atoms with E-state index in [1.807, 2.05) is 4.57 Å². The smallest absolute Gasteiger partial charge is 0.242 e. The van der Waals surface area contributed by atoms with Gasteiger partial charge in [-0.05, 0) is 18.6 Å². The molecule has 0 radical (unpaired) electrons. The molecule has 0 saturated heterocycles. The summed E-state index contributed by atoms with van der Waals surface area (Å²) < 4.78 is 7.90. The maximum atomic E-state index is 5.32. The fourth-order valence-corrected chi connectivity index (χ4v) is 2.28. The zero-order chi connectivity index (χ0) is 13.0. The van der Waals surface area contributed by atoms with E-state index in [9.17, 15) is 0 Å². The lowest BCUT2D eigenvalue weighted by Crippen LogP contribution is -2.00. The molecule has 0 saturated carbocycles. The number of methoxy groups -OCH3 is 1. The summed E-state index contributed by atoms with van der Waals surface area (Å²) in [5, 5.41) is 0. The van der Waals surface area contributed by atoms with Crippen molar-refractivity contribution in [3.8, 4) is 5.88 Å². The van der Waals surface area contributed by atoms with Gasteiger partial charge in [-0.25, -0.2) is 4.98 Å². The lowest BCUT2D eigenvalue weighted by Gasteiger charge is -2.03. The summed E-state index contributed by atoms with van der Waals surface area (Å²) in [7, 11) is 1.59. The molecular weight excluding hydrogens is 248 g/mol. The van der Waals surface area contributed by atoms with Crippen molar-refractivity contribution >= 4 is 23.4 Å². The number of hydrogen-bond acceptors (Lipinski definition) is 4. The van der Waals surface area contributed by atoms with Crippen molar-refractivity contribution in [2.75, 3.05) is 7.11 Å². The number of fused-ring (bicyclic) bond motifs is 1. The largest absolute Gasteiger partial charge is 0.479 e. The first-order valence-corrected chi connectivity index (χ1v) is 6.66. The van der Waals surface area contributed by atoms with Crippen LogP contribution in [0.1, 0.15) is 32.6 Å². The summed E-state index contributed by atoms with van der Waals surface area (Å²) >= 11 is 5.32. The lowest BCUT2D eigenvalue weighted by molar-refractivity contribution is 0.401. The van der Waals surface area contributed by atoms with Crippen LogP contribution in [0.5, 0.6) is 5.88 Å². The zero-order valence-corrected chi connectivity index (χ0v) is 11.6. The molecule has 2 rings (SSSR count). The van der Waals surface area contributed by atoms with Gasteiger partial charge in [-0.2, -0.15) is 4.98 Å². The average molecular weight is 266 g/mol. The number of nitrogens with zero attached hydrogens (tertiary/aromatic N) is 3. The number of aromatic nitrogens is 4. The van der Waals surface area contributed by atoms with Gasteiger partial charge in [-0.3, -0.25) is 0 Å². The number of aryl methyl sites for hydroxylation is 1. The molecule has 0 spiro atoms. The van der Waals surface area contributed by atoms with Gasteiger partial charge in [-0.15, -0.1) is 0 Å². The predicted octanol–water partition coefficient (Wildman–Crippen LogP) is 3.08. The quantitative estimate of drug-likeness (QED) is 0.645. The Hall–Kier alpha value is -1.43. The predicted molar refractivity (Wildman–Crippen MR) is 73.4 cm³/mol. The molecular formula is C12H18N4OS. The minimum absolute atomic E-state index is 0.540. The summed E-state index contributed by atoms with van der Waals surface area (Å²) in [4.78, 5) is 11.5. The minimum atomic E-state index is 0.540. The molecule has 1 N–H and O–H groups in total. The first-order valence-electron chi connectivity index (χ1n) is 6.25. The molecule has 0 aliphatic rings. The second-order valence-electron chi connectivity index (χ2n) is 4.22. The van der Waals surface area contributed by atoms with Crippen molar-refractivity contribution in [2.45, 2.75) is 39.2 Å². The number of aromatic amines is 1. The van der Waals surface area contributed by atoms with E-state index in [4.69, 9.17) is 17.0 Å². The van der Waals surface area contributed by atoms with Gasteiger partial charge in [0.05, 0.1) is 7.11 Å². The molecule has 0 unspecified atom stereocenters. The van der Waals surface area contributed by atoms with E-state index in [-0.39, 0.29) is 0 Å². The Morgan fingerprint density at radius 2 is 2.17 bits per heavy atom. The van der Waals surface area contributed by atoms with E-state index in [1.165, 1.54) is 25.6 Å². The van der Waals surface area contributed by atoms with E-state index in [1.54, 1.807) is 7.11 Å². The van der Waals surface area contributed by atoms with Crippen LogP contribution in [0.15, 0.2) is 6.33 Å². The van der Waals surface area contributed by atoms with Crippen LogP contribution in [0.4, 0.5) is 0 Å². The fourth-order valence-electron chi connectivity index (χ4n) is 2.00. The normalized spacial score (nSPS) is 11.0. The molecule has 2 heterocycles. The number of imidazole rings is 1. The summed E-state index contributed by atoms with van der Waals surface area (Å²) in [5.41, 5.74) is 1.60. The van der Waals surface area contributed by atoms with Crippen molar-refractivity contribution < 1.29 is 4.74 Å². The molecule has 0 fully saturated rings. The number of unbranched alkanes of at least 4 members (excludes halogenated alkanes) is 3. The Balaban J connectivity index is 2.27. The molecule has 0 amide bonds. The van der Waals surface area contributed by atoms with Gasteiger partial charge >= 0.3 is 0 Å². The second-order valence-corrected chi connectivity index (χ2v) is 4.61. The highest BCUT2D eigenvalue weighted by molar-refractivity contribution is 7.71. The van der Waals surface area contributed by atoms with Crippen molar-refractivity contribution in [3.05, 3.63) is 11.1 Å². The van der Waals surface area contributed by atoms with Crippen LogP contribution in [0.25, 0.3) is 11.2 Å². The summed E-state index contributed by atoms with van der Waals surface area (Å²) in [6.45, 7) is 3.09. The standard InChI is InChI=1S/C12H18N4OS/c1-3-4-5-6-7-16-10-9(15-12(16)18)11(17-2)14-8-13-10/h8H,3-7H2,1-2H3,(H,15,18). The molecule has 6 heteroatoms. The average Bonchev–Trinajstić information content (AvgIpc) is 2.70. The second kappa shape index (κ2) is 5.95. The maximum absolute atomic E-state index is 5.32. The number of ether oxygens (including phenoxy) is 1. The Morgan fingerprint density at radius 1 is 1.33 bits per heavy atom. The third-order valence-electron chi connectivity index (χ3n) is 2.95. The van der Waals surface area contributed by atoms with Crippen LogP contribution in [0.2, 0.25) is 0 Å². The van der Waals surface area contributed by atoms with Gasteiger partial charge in [0, 0.05) is 6.54 Å². The summed E-state index contributed by atoms with van der Waals surface area (Å²) in [5.74, 6) is 0.540. The molecule has 5 nitrogen and oxygen atoms in total. The molecule has 0 atom stereocenters. The third-order valence-corrected chi connectivity index (χ3v) is 3.28. The molecule has 98 valence electrons.